The number of carbonyl (C=O) groups excluding carboxylic acids is 1. The lowest BCUT2D eigenvalue weighted by Crippen LogP contribution is -2.44. The van der Waals surface area contributed by atoms with Crippen molar-refractivity contribution in [3.63, 3.8) is 0 Å². The first kappa shape index (κ1) is 13.1. The summed E-state index contributed by atoms with van der Waals surface area (Å²) in [4.78, 5) is 13.5. The molecule has 1 fully saturated rings. The molecule has 0 spiro atoms. The summed E-state index contributed by atoms with van der Waals surface area (Å²) >= 11 is 0. The molecular formula is C15H22N2O. The van der Waals surface area contributed by atoms with Gasteiger partial charge < -0.3 is 10.2 Å². The van der Waals surface area contributed by atoms with E-state index in [2.05, 4.69) is 29.6 Å². The molecule has 1 amide bonds. The third kappa shape index (κ3) is 3.57. The lowest BCUT2D eigenvalue weighted by molar-refractivity contribution is -0.131. The van der Waals surface area contributed by atoms with Crippen LogP contribution in [0.4, 0.5) is 0 Å². The lowest BCUT2D eigenvalue weighted by atomic mass is 10.0. The van der Waals surface area contributed by atoms with Gasteiger partial charge in [-0.2, -0.15) is 0 Å². The molecule has 0 aromatic heterocycles. The summed E-state index contributed by atoms with van der Waals surface area (Å²) in [5.74, 6) is 0.288. The van der Waals surface area contributed by atoms with Gasteiger partial charge >= 0.3 is 0 Å². The first-order valence-corrected chi connectivity index (χ1v) is 6.84. The van der Waals surface area contributed by atoms with E-state index < -0.39 is 0 Å². The van der Waals surface area contributed by atoms with Crippen molar-refractivity contribution in [2.45, 2.75) is 38.8 Å². The van der Waals surface area contributed by atoms with Gasteiger partial charge in [-0.25, -0.2) is 0 Å². The van der Waals surface area contributed by atoms with Crippen LogP contribution in [0.5, 0.6) is 0 Å². The van der Waals surface area contributed by atoms with E-state index in [4.69, 9.17) is 0 Å². The summed E-state index contributed by atoms with van der Waals surface area (Å²) in [7, 11) is 0. The van der Waals surface area contributed by atoms with Crippen LogP contribution < -0.4 is 5.32 Å². The Morgan fingerprint density at radius 2 is 1.94 bits per heavy atom. The van der Waals surface area contributed by atoms with E-state index >= 15 is 0 Å². The molecule has 0 unspecified atom stereocenters. The van der Waals surface area contributed by atoms with Gasteiger partial charge in [0, 0.05) is 32.1 Å². The number of carbonyl (C=O) groups is 1. The average Bonchev–Trinajstić information content (AvgIpc) is 2.46. The Morgan fingerprint density at radius 1 is 1.28 bits per heavy atom. The smallest absolute Gasteiger partial charge is 0.222 e. The van der Waals surface area contributed by atoms with Crippen molar-refractivity contribution in [3.05, 3.63) is 35.9 Å². The number of benzene rings is 1. The predicted octanol–water partition coefficient (Wildman–Crippen LogP) is 2.18. The molecule has 98 valence electrons. The summed E-state index contributed by atoms with van der Waals surface area (Å²) < 4.78 is 0. The minimum Gasteiger partial charge on any atom is -0.343 e. The van der Waals surface area contributed by atoms with Gasteiger partial charge in [-0.1, -0.05) is 37.3 Å². The van der Waals surface area contributed by atoms with E-state index in [-0.39, 0.29) is 5.91 Å². The maximum Gasteiger partial charge on any atom is 0.222 e. The molecule has 3 heteroatoms. The molecule has 0 aliphatic carbocycles. The number of nitrogens with zero attached hydrogens (tertiary/aromatic N) is 1. The second-order valence-electron chi connectivity index (χ2n) is 4.88. The highest BCUT2D eigenvalue weighted by atomic mass is 16.2. The van der Waals surface area contributed by atoms with Crippen LogP contribution in [0.25, 0.3) is 0 Å². The Kier molecular flexibility index (Phi) is 4.76. The molecule has 1 aliphatic heterocycles. The molecule has 0 radical (unpaired) electrons. The number of hydrogen-bond donors (Lipinski definition) is 1. The zero-order valence-corrected chi connectivity index (χ0v) is 11.1. The van der Waals surface area contributed by atoms with Gasteiger partial charge in [-0.05, 0) is 18.4 Å². The number of rotatable bonds is 4. The van der Waals surface area contributed by atoms with Crippen molar-refractivity contribution < 1.29 is 4.79 Å². The van der Waals surface area contributed by atoms with E-state index in [0.717, 1.165) is 32.5 Å². The third-order valence-electron chi connectivity index (χ3n) is 3.59. The Morgan fingerprint density at radius 3 is 2.56 bits per heavy atom. The predicted molar refractivity (Wildman–Crippen MR) is 73.2 cm³/mol. The van der Waals surface area contributed by atoms with E-state index in [9.17, 15) is 4.79 Å². The zero-order valence-electron chi connectivity index (χ0n) is 11.1. The quantitative estimate of drug-likeness (QED) is 0.883. The van der Waals surface area contributed by atoms with Gasteiger partial charge in [0.25, 0.3) is 0 Å². The minimum atomic E-state index is 0.288. The van der Waals surface area contributed by atoms with Gasteiger partial charge in [-0.3, -0.25) is 4.79 Å². The van der Waals surface area contributed by atoms with E-state index in [1.807, 2.05) is 17.9 Å². The topological polar surface area (TPSA) is 32.3 Å². The fourth-order valence-corrected chi connectivity index (χ4v) is 2.41. The Labute approximate surface area is 109 Å². The summed E-state index contributed by atoms with van der Waals surface area (Å²) in [5.41, 5.74) is 1.32. The van der Waals surface area contributed by atoms with Crippen LogP contribution in [0.1, 0.15) is 31.7 Å². The maximum atomic E-state index is 11.6. The lowest BCUT2D eigenvalue weighted by Gasteiger charge is -2.32. The molecule has 1 aromatic carbocycles. The monoisotopic (exact) mass is 246 g/mol. The Balaban J connectivity index is 1.72. The Hall–Kier alpha value is -1.35. The number of hydrogen-bond acceptors (Lipinski definition) is 2. The van der Waals surface area contributed by atoms with Crippen molar-refractivity contribution >= 4 is 5.91 Å². The van der Waals surface area contributed by atoms with Crippen LogP contribution in [0.3, 0.4) is 0 Å². The second kappa shape index (κ2) is 6.55. The fraction of sp³-hybridized carbons (Fsp3) is 0.533. The number of amides is 1. The highest BCUT2D eigenvalue weighted by Crippen LogP contribution is 2.12. The normalized spacial score (nSPS) is 16.8. The van der Waals surface area contributed by atoms with Gasteiger partial charge in [0.05, 0.1) is 0 Å². The van der Waals surface area contributed by atoms with Crippen molar-refractivity contribution in [2.75, 3.05) is 13.1 Å². The van der Waals surface area contributed by atoms with Gasteiger partial charge in [0.15, 0.2) is 0 Å². The van der Waals surface area contributed by atoms with Crippen molar-refractivity contribution in [3.8, 4) is 0 Å². The molecule has 0 bridgehead atoms. The SMILES string of the molecule is CCC(=O)N1CCC(NCc2ccccc2)CC1. The molecule has 1 N–H and O–H groups in total. The number of nitrogens with one attached hydrogen (secondary N) is 1. The van der Waals surface area contributed by atoms with E-state index in [1.165, 1.54) is 5.56 Å². The molecule has 0 atom stereocenters. The van der Waals surface area contributed by atoms with Gasteiger partial charge in [0.2, 0.25) is 5.91 Å². The zero-order chi connectivity index (χ0) is 12.8. The fourth-order valence-electron chi connectivity index (χ4n) is 2.41. The molecular weight excluding hydrogens is 224 g/mol. The summed E-state index contributed by atoms with van der Waals surface area (Å²) in [5, 5.41) is 3.58. The van der Waals surface area contributed by atoms with Crippen LogP contribution in [-0.4, -0.2) is 29.9 Å². The van der Waals surface area contributed by atoms with Crippen LogP contribution in [-0.2, 0) is 11.3 Å². The maximum absolute atomic E-state index is 11.6. The molecule has 1 heterocycles. The van der Waals surface area contributed by atoms with Crippen molar-refractivity contribution in [1.29, 1.82) is 0 Å². The molecule has 18 heavy (non-hydrogen) atoms. The molecule has 0 saturated carbocycles. The highest BCUT2D eigenvalue weighted by molar-refractivity contribution is 5.75. The molecule has 1 saturated heterocycles. The molecule has 3 nitrogen and oxygen atoms in total. The molecule has 1 aliphatic rings. The van der Waals surface area contributed by atoms with Gasteiger partial charge in [-0.15, -0.1) is 0 Å². The third-order valence-corrected chi connectivity index (χ3v) is 3.59. The highest BCUT2D eigenvalue weighted by Gasteiger charge is 2.21. The van der Waals surface area contributed by atoms with Crippen molar-refractivity contribution in [2.24, 2.45) is 0 Å². The van der Waals surface area contributed by atoms with Crippen LogP contribution in [0, 0.1) is 0 Å². The summed E-state index contributed by atoms with van der Waals surface area (Å²) in [6.07, 6.45) is 2.76. The molecule has 2 rings (SSSR count). The molecule has 1 aromatic rings. The second-order valence-corrected chi connectivity index (χ2v) is 4.88. The Bertz CT molecular complexity index is 369. The standard InChI is InChI=1S/C15H22N2O/c1-2-15(18)17-10-8-14(9-11-17)16-12-13-6-4-3-5-7-13/h3-7,14,16H,2,8-12H2,1H3. The van der Waals surface area contributed by atoms with E-state index in [1.54, 1.807) is 0 Å². The van der Waals surface area contributed by atoms with Crippen molar-refractivity contribution in [1.82, 2.24) is 10.2 Å². The summed E-state index contributed by atoms with van der Waals surface area (Å²) in [6, 6.07) is 11.0. The van der Waals surface area contributed by atoms with Gasteiger partial charge in [0.1, 0.15) is 0 Å². The average molecular weight is 246 g/mol. The number of piperidine rings is 1. The van der Waals surface area contributed by atoms with E-state index in [0.29, 0.717) is 12.5 Å². The summed E-state index contributed by atoms with van der Waals surface area (Å²) in [6.45, 7) is 4.66. The van der Waals surface area contributed by atoms with Crippen LogP contribution >= 0.6 is 0 Å². The van der Waals surface area contributed by atoms with Crippen LogP contribution in [0.15, 0.2) is 30.3 Å². The first-order valence-electron chi connectivity index (χ1n) is 6.84. The van der Waals surface area contributed by atoms with Crippen LogP contribution in [0.2, 0.25) is 0 Å². The number of likely N-dealkylation sites (tertiary alicyclic amines) is 1. The first-order chi connectivity index (χ1) is 8.79. The minimum absolute atomic E-state index is 0.288. The largest absolute Gasteiger partial charge is 0.343 e.